The minimum Gasteiger partial charge on any atom is -0.465 e. The number of carbonyl (C=O) groups is 3. The van der Waals surface area contributed by atoms with Gasteiger partial charge in [-0.15, -0.1) is 15.2 Å². The highest BCUT2D eigenvalue weighted by Gasteiger charge is 2.22. The summed E-state index contributed by atoms with van der Waals surface area (Å²) in [5.74, 6) is 5.30. The second-order valence-electron chi connectivity index (χ2n) is 14.0. The maximum atomic E-state index is 13.1. The first-order chi connectivity index (χ1) is 30.5. The van der Waals surface area contributed by atoms with Crippen LogP contribution in [0.3, 0.4) is 0 Å². The van der Waals surface area contributed by atoms with Crippen LogP contribution >= 0.6 is 0 Å². The highest BCUT2D eigenvalue weighted by molar-refractivity contribution is 6.03. The third-order valence-electron chi connectivity index (χ3n) is 9.78. The van der Waals surface area contributed by atoms with Crippen molar-refractivity contribution in [2.45, 2.75) is 78.1 Å². The summed E-state index contributed by atoms with van der Waals surface area (Å²) in [5, 5.41) is 14.6. The van der Waals surface area contributed by atoms with E-state index in [4.69, 9.17) is 40.0 Å². The lowest BCUT2D eigenvalue weighted by molar-refractivity contribution is -0.763. The van der Waals surface area contributed by atoms with Gasteiger partial charge in [0.2, 0.25) is 6.29 Å². The second-order valence-corrected chi connectivity index (χ2v) is 14.0. The molecule has 0 amide bonds. The number of carbonyl (C=O) groups excluding carboxylic acids is 3. The van der Waals surface area contributed by atoms with E-state index in [0.717, 1.165) is 21.8 Å². The Balaban J connectivity index is 0.000000840. The number of hydrazone groups is 1. The fraction of sp³-hybridized carbons (Fsp3) is 0.341. The van der Waals surface area contributed by atoms with Gasteiger partial charge in [-0.05, 0) is 59.7 Å². The molecule has 0 aliphatic heterocycles. The molecule has 1 aliphatic rings. The molecule has 0 bridgehead atoms. The van der Waals surface area contributed by atoms with Gasteiger partial charge in [-0.2, -0.15) is 10.1 Å². The fourth-order valence-corrected chi connectivity index (χ4v) is 6.75. The summed E-state index contributed by atoms with van der Waals surface area (Å²) >= 11 is 0. The van der Waals surface area contributed by atoms with Gasteiger partial charge < -0.3 is 39.0 Å². The number of aromatic nitrogens is 2. The van der Waals surface area contributed by atoms with Crippen molar-refractivity contribution in [1.29, 1.82) is 0 Å². The van der Waals surface area contributed by atoms with Crippen molar-refractivity contribution in [3.05, 3.63) is 129 Å². The quantitative estimate of drug-likeness (QED) is 0.0130. The van der Waals surface area contributed by atoms with Gasteiger partial charge in [0.05, 0.1) is 35.9 Å². The van der Waals surface area contributed by atoms with E-state index in [2.05, 4.69) is 14.9 Å². The van der Waals surface area contributed by atoms with Crippen molar-refractivity contribution in [2.75, 3.05) is 20.4 Å². The highest BCUT2D eigenvalue weighted by Crippen LogP contribution is 2.29. The van der Waals surface area contributed by atoms with E-state index in [0.29, 0.717) is 46.4 Å². The topological polar surface area (TPSA) is 244 Å². The normalized spacial score (nSPS) is 13.2. The Morgan fingerprint density at radius 3 is 2.30 bits per heavy atom. The van der Waals surface area contributed by atoms with Crippen LogP contribution < -0.4 is 16.3 Å². The van der Waals surface area contributed by atoms with Gasteiger partial charge in [-0.1, -0.05) is 98.1 Å². The fourth-order valence-electron chi connectivity index (χ4n) is 6.75. The minimum atomic E-state index is -1.09. The summed E-state index contributed by atoms with van der Waals surface area (Å²) < 4.78 is 33.0. The highest BCUT2D eigenvalue weighted by atomic mass is 16.9. The van der Waals surface area contributed by atoms with Gasteiger partial charge >= 0.3 is 12.1 Å². The zero-order valence-electron chi connectivity index (χ0n) is 35.3. The number of ether oxygens (including phenoxy) is 6. The number of benzene rings is 4. The number of rotatable bonds is 19. The largest absolute Gasteiger partial charge is 0.510 e. The molecule has 4 N–H and O–H groups in total. The summed E-state index contributed by atoms with van der Waals surface area (Å²) in [6.07, 6.45) is 5.19. The van der Waals surface area contributed by atoms with Crippen molar-refractivity contribution < 1.29 is 52.7 Å². The average molecular weight is 870 g/mol. The summed E-state index contributed by atoms with van der Waals surface area (Å²) in [7, 11) is 1.82. The molecule has 1 aliphatic carbocycles. The molecule has 334 valence electrons. The van der Waals surface area contributed by atoms with Crippen LogP contribution in [-0.2, 0) is 53.1 Å². The van der Waals surface area contributed by atoms with Gasteiger partial charge in [0.15, 0.2) is 12.6 Å². The number of amidine groups is 1. The molecule has 1 atom stereocenters. The molecule has 4 aromatic carbocycles. The summed E-state index contributed by atoms with van der Waals surface area (Å²) in [6.45, 7) is 3.06. The molecular formula is C44H51N7O12. The van der Waals surface area contributed by atoms with Gasteiger partial charge in [-0.3, -0.25) is 9.36 Å². The Labute approximate surface area is 363 Å². The molecule has 19 nitrogen and oxygen atoms in total. The SMILES string of the molecule is CCOc1nc2cccc(C(=O)OC(C)OC=O)c2n1Cc1ccc(-c2ccccc2/C(N)=N/N(N)COC(=O)OCc2ccccc2CO[N+](=O)[O-])cc1.COC1CCCCC1. The van der Waals surface area contributed by atoms with E-state index in [1.54, 1.807) is 59.2 Å². The molecule has 1 heterocycles. The van der Waals surface area contributed by atoms with Gasteiger partial charge in [0, 0.05) is 19.6 Å². The average Bonchev–Trinajstić information content (AvgIpc) is 3.64. The van der Waals surface area contributed by atoms with Crippen LogP contribution in [0.2, 0.25) is 0 Å². The Morgan fingerprint density at radius 2 is 1.63 bits per heavy atom. The van der Waals surface area contributed by atoms with Gasteiger partial charge in [0.1, 0.15) is 13.2 Å². The van der Waals surface area contributed by atoms with Crippen molar-refractivity contribution in [1.82, 2.24) is 14.7 Å². The van der Waals surface area contributed by atoms with E-state index in [-0.39, 0.29) is 37.6 Å². The number of nitrogens with zero attached hydrogens (tertiary/aromatic N) is 5. The van der Waals surface area contributed by atoms with E-state index in [9.17, 15) is 24.5 Å². The standard InChI is InChI=1S/C37H37N7O11.C7H14O/c1-3-50-36-40-32-14-8-13-31(35(46)55-24(2)53-23-45)33(32)42(36)19-25-15-17-26(18-16-25)29-11-6-7-12-30(29)34(38)41-43(39)22-52-37(47)51-20-27-9-4-5-10-28(27)21-54-44(48)49;1-8-7-5-3-2-4-6-7/h4-18,23-24H,3,19-22,39H2,1-2H3,(H2,38,41);7H,2-6H2,1H3. The lowest BCUT2D eigenvalue weighted by atomic mass is 9.98. The lowest BCUT2D eigenvalue weighted by Crippen LogP contribution is -2.33. The second kappa shape index (κ2) is 23.7. The molecule has 1 saturated carbocycles. The van der Waals surface area contributed by atoms with E-state index in [1.165, 1.54) is 39.0 Å². The number of para-hydroxylation sites is 1. The van der Waals surface area contributed by atoms with E-state index >= 15 is 0 Å². The maximum Gasteiger partial charge on any atom is 0.510 e. The monoisotopic (exact) mass is 869 g/mol. The summed E-state index contributed by atoms with van der Waals surface area (Å²) in [5.41, 5.74) is 11.5. The van der Waals surface area contributed by atoms with E-state index in [1.807, 2.05) is 50.4 Å². The van der Waals surface area contributed by atoms with E-state index < -0.39 is 30.2 Å². The predicted octanol–water partition coefficient (Wildman–Crippen LogP) is 6.61. The van der Waals surface area contributed by atoms with Crippen molar-refractivity contribution >= 4 is 35.5 Å². The molecule has 5 aromatic rings. The number of hydrogen-bond donors (Lipinski definition) is 2. The smallest absolute Gasteiger partial charge is 0.465 e. The maximum absolute atomic E-state index is 13.1. The van der Waals surface area contributed by atoms with Crippen molar-refractivity contribution in [2.24, 2.45) is 16.7 Å². The first-order valence-corrected chi connectivity index (χ1v) is 20.1. The molecule has 63 heavy (non-hydrogen) atoms. The number of hydrazine groups is 1. The Kier molecular flexibility index (Phi) is 17.6. The zero-order valence-corrected chi connectivity index (χ0v) is 35.3. The predicted molar refractivity (Wildman–Crippen MR) is 229 cm³/mol. The Hall–Kier alpha value is -7.25. The first-order valence-electron chi connectivity index (χ1n) is 20.1. The molecule has 1 fully saturated rings. The minimum absolute atomic E-state index is 0.0392. The van der Waals surface area contributed by atoms with Crippen molar-refractivity contribution in [3.63, 3.8) is 0 Å². The van der Waals surface area contributed by atoms with Crippen LogP contribution in [0.25, 0.3) is 22.2 Å². The number of fused-ring (bicyclic) bond motifs is 1. The van der Waals surface area contributed by atoms with Crippen molar-refractivity contribution in [3.8, 4) is 17.1 Å². The zero-order chi connectivity index (χ0) is 45.1. The van der Waals surface area contributed by atoms with Crippen LogP contribution in [0.1, 0.15) is 78.6 Å². The van der Waals surface area contributed by atoms with Gasteiger partial charge in [-0.25, -0.2) is 15.4 Å². The molecule has 1 aromatic heterocycles. The van der Waals surface area contributed by atoms with Crippen LogP contribution in [0, 0.1) is 10.1 Å². The molecule has 0 radical (unpaired) electrons. The molecule has 0 spiro atoms. The number of hydrogen-bond acceptors (Lipinski definition) is 16. The van der Waals surface area contributed by atoms with Crippen LogP contribution in [0.15, 0.2) is 96.1 Å². The van der Waals surface area contributed by atoms with Gasteiger partial charge in [0.25, 0.3) is 17.6 Å². The first kappa shape index (κ1) is 46.8. The molecular weight excluding hydrogens is 819 g/mol. The molecule has 19 heteroatoms. The summed E-state index contributed by atoms with van der Waals surface area (Å²) in [4.78, 5) is 55.6. The summed E-state index contributed by atoms with van der Waals surface area (Å²) in [6, 6.07) is 26.8. The number of esters is 1. The molecule has 0 saturated heterocycles. The molecule has 1 unspecified atom stereocenters. The Morgan fingerprint density at radius 1 is 0.952 bits per heavy atom. The van der Waals surface area contributed by atoms with Crippen LogP contribution in [0.5, 0.6) is 6.01 Å². The number of methoxy groups -OCH3 is 1. The lowest BCUT2D eigenvalue weighted by Gasteiger charge is -2.19. The Bertz CT molecular complexity index is 2330. The number of imidazole rings is 1. The third-order valence-corrected chi connectivity index (χ3v) is 9.78. The molecule has 6 rings (SSSR count). The third kappa shape index (κ3) is 13.6. The van der Waals surface area contributed by atoms with Crippen LogP contribution in [0.4, 0.5) is 4.79 Å². The van der Waals surface area contributed by atoms with Crippen LogP contribution in [-0.4, -0.2) is 77.0 Å². The number of nitrogens with two attached hydrogens (primary N) is 2.